The van der Waals surface area contributed by atoms with Crippen LogP contribution in [0, 0.1) is 15.3 Å². The largest absolute Gasteiger partial charge is 0.397 e. The van der Waals surface area contributed by atoms with Gasteiger partial charge in [0.2, 0.25) is 0 Å². The zero-order chi connectivity index (χ0) is 24.9. The maximum absolute atomic E-state index is 12.4. The van der Waals surface area contributed by atoms with Crippen LogP contribution in [0.2, 0.25) is 0 Å². The van der Waals surface area contributed by atoms with Crippen LogP contribution in [0.4, 0.5) is 17.1 Å². The number of benzene rings is 3. The molecule has 0 aliphatic heterocycles. The lowest BCUT2D eigenvalue weighted by molar-refractivity contribution is -0.727. The van der Waals surface area contributed by atoms with Gasteiger partial charge in [-0.25, -0.2) is 0 Å². The normalized spacial score (nSPS) is 11.2. The number of aromatic nitrogens is 2. The molecule has 176 valence electrons. The molecule has 4 rings (SSSR count). The number of fused-ring (bicyclic) bond motifs is 1. The minimum atomic E-state index is -3.93. The Hall–Kier alpha value is -4.52. The smallest absolute Gasteiger partial charge is 0.339 e. The second-order valence-corrected chi connectivity index (χ2v) is 8.48. The first-order chi connectivity index (χ1) is 16.1. The second-order valence-electron chi connectivity index (χ2n) is 6.94. The minimum absolute atomic E-state index is 0.0291. The van der Waals surface area contributed by atoms with Crippen LogP contribution in [0.5, 0.6) is 5.75 Å². The third-order valence-electron chi connectivity index (χ3n) is 4.68. The lowest BCUT2D eigenvalue weighted by Gasteiger charge is -2.06. The molecule has 34 heavy (non-hydrogen) atoms. The molecule has 13 heteroatoms. The average molecular weight is 484 g/mol. The molecule has 0 unspecified atom stereocenters. The average Bonchev–Trinajstić information content (AvgIpc) is 3.07. The van der Waals surface area contributed by atoms with Crippen LogP contribution in [0.15, 0.2) is 88.1 Å². The summed E-state index contributed by atoms with van der Waals surface area (Å²) in [5.74, 6) is 0.251. The van der Waals surface area contributed by atoms with Gasteiger partial charge in [0.25, 0.3) is 5.52 Å². The highest BCUT2D eigenvalue weighted by Gasteiger charge is 2.19. The number of nitrogens with two attached hydrogens (primary N) is 1. The number of anilines is 1. The zero-order valence-corrected chi connectivity index (χ0v) is 18.9. The first kappa shape index (κ1) is 24.1. The van der Waals surface area contributed by atoms with Gasteiger partial charge in [-0.15, -0.1) is 9.80 Å². The Kier molecular flexibility index (Phi) is 7.06. The van der Waals surface area contributed by atoms with E-state index in [-0.39, 0.29) is 10.6 Å². The number of azo groups is 1. The molecule has 3 aromatic carbocycles. The summed E-state index contributed by atoms with van der Waals surface area (Å²) in [6.45, 7) is 0. The molecule has 0 aliphatic carbocycles. The Balaban J connectivity index is 0.000000751. The van der Waals surface area contributed by atoms with Crippen LogP contribution < -0.4 is 14.6 Å². The molecule has 1 heterocycles. The maximum Gasteiger partial charge on any atom is 0.339 e. The lowest BCUT2D eigenvalue weighted by Crippen LogP contribution is -2.37. The van der Waals surface area contributed by atoms with Crippen molar-refractivity contribution in [3.63, 3.8) is 0 Å². The first-order valence-corrected chi connectivity index (χ1v) is 11.1. The SMILES string of the molecule is Cn1cc2ccc(N)c(N=Nc3ccc(S(=O)(=O)Oc4ccccc4)cc3)c2[n+]1C.O=[N+]([O-])[O-]. The van der Waals surface area contributed by atoms with Gasteiger partial charge in [-0.2, -0.15) is 18.2 Å². The fourth-order valence-electron chi connectivity index (χ4n) is 3.04. The van der Waals surface area contributed by atoms with E-state index < -0.39 is 15.2 Å². The summed E-state index contributed by atoms with van der Waals surface area (Å²) in [7, 11) is -0.0997. The van der Waals surface area contributed by atoms with E-state index in [0.717, 1.165) is 10.9 Å². The van der Waals surface area contributed by atoms with Crippen molar-refractivity contribution in [2.75, 3.05) is 5.73 Å². The van der Waals surface area contributed by atoms with Gasteiger partial charge >= 0.3 is 10.1 Å². The van der Waals surface area contributed by atoms with Crippen LogP contribution in [0.3, 0.4) is 0 Å². The highest BCUT2D eigenvalue weighted by molar-refractivity contribution is 7.87. The van der Waals surface area contributed by atoms with Crippen LogP contribution >= 0.6 is 0 Å². The molecule has 0 spiro atoms. The molecule has 1 aromatic heterocycles. The van der Waals surface area contributed by atoms with E-state index in [4.69, 9.17) is 25.2 Å². The van der Waals surface area contributed by atoms with Crippen LogP contribution in [-0.2, 0) is 24.2 Å². The Morgan fingerprint density at radius 1 is 1.00 bits per heavy atom. The van der Waals surface area contributed by atoms with E-state index in [1.165, 1.54) is 12.1 Å². The maximum atomic E-state index is 12.4. The molecule has 0 saturated heterocycles. The van der Waals surface area contributed by atoms with E-state index in [1.807, 2.05) is 35.7 Å². The standard InChI is InChI=1S/C21H19N5O3S.NO3/c1-25-14-15-8-13-19(22)20(21(15)26(25)2)24-23-16-9-11-18(12-10-16)30(27,28)29-17-6-4-3-5-7-17;2-1(3)4/h3-14,22H,1-2H3;/q;-1/p+1. The number of hydrogen-bond donors (Lipinski definition) is 1. The van der Waals surface area contributed by atoms with Gasteiger partial charge in [0.05, 0.1) is 35.1 Å². The van der Waals surface area contributed by atoms with E-state index >= 15 is 0 Å². The fraction of sp³-hybridized carbons (Fsp3) is 0.0952. The minimum Gasteiger partial charge on any atom is -0.397 e. The number of rotatable bonds is 5. The molecule has 0 radical (unpaired) electrons. The number of hydrogen-bond acceptors (Lipinski definition) is 9. The first-order valence-electron chi connectivity index (χ1n) is 9.65. The number of aryl methyl sites for hydroxylation is 2. The summed E-state index contributed by atoms with van der Waals surface area (Å²) in [5, 5.41) is 24.3. The van der Waals surface area contributed by atoms with Crippen LogP contribution in [0.25, 0.3) is 10.9 Å². The molecule has 0 amide bonds. The van der Waals surface area contributed by atoms with Gasteiger partial charge in [-0.05, 0) is 48.5 Å². The highest BCUT2D eigenvalue weighted by atomic mass is 32.2. The Morgan fingerprint density at radius 2 is 1.62 bits per heavy atom. The molecule has 0 saturated carbocycles. The number of nitrogens with zero attached hydrogens (tertiary/aromatic N) is 5. The summed E-state index contributed by atoms with van der Waals surface area (Å²) >= 11 is 0. The van der Waals surface area contributed by atoms with Crippen LogP contribution in [-0.4, -0.2) is 18.2 Å². The topological polar surface area (TPSA) is 169 Å². The molecule has 2 N–H and O–H groups in total. The predicted octanol–water partition coefficient (Wildman–Crippen LogP) is 3.53. The van der Waals surface area contributed by atoms with Gasteiger partial charge in [0.1, 0.15) is 10.6 Å². The fourth-order valence-corrected chi connectivity index (χ4v) is 3.97. The summed E-state index contributed by atoms with van der Waals surface area (Å²) < 4.78 is 33.8. The summed E-state index contributed by atoms with van der Waals surface area (Å²) in [4.78, 5) is 8.28. The summed E-state index contributed by atoms with van der Waals surface area (Å²) in [6.07, 6.45) is 1.97. The second kappa shape index (κ2) is 9.95. The molecule has 0 fully saturated rings. The van der Waals surface area contributed by atoms with Crippen molar-refractivity contribution in [3.8, 4) is 5.75 Å². The van der Waals surface area contributed by atoms with E-state index in [1.54, 1.807) is 48.5 Å². The van der Waals surface area contributed by atoms with Crippen molar-refractivity contribution in [2.45, 2.75) is 4.90 Å². The number of para-hydroxylation sites is 1. The lowest BCUT2D eigenvalue weighted by atomic mass is 10.2. The van der Waals surface area contributed by atoms with E-state index in [0.29, 0.717) is 17.1 Å². The predicted molar refractivity (Wildman–Crippen MR) is 124 cm³/mol. The molecule has 0 atom stereocenters. The van der Waals surface area contributed by atoms with Gasteiger partial charge in [0, 0.05) is 0 Å². The molecule has 0 bridgehead atoms. The summed E-state index contributed by atoms with van der Waals surface area (Å²) in [6, 6.07) is 18.0. The highest BCUT2D eigenvalue weighted by Crippen LogP contribution is 2.31. The monoisotopic (exact) mass is 484 g/mol. The molecule has 4 aromatic rings. The van der Waals surface area contributed by atoms with Gasteiger partial charge < -0.3 is 25.2 Å². The third kappa shape index (κ3) is 5.63. The Morgan fingerprint density at radius 3 is 2.24 bits per heavy atom. The van der Waals surface area contributed by atoms with Gasteiger partial charge in [0.15, 0.2) is 12.7 Å². The van der Waals surface area contributed by atoms with Gasteiger partial charge in [-0.3, -0.25) is 0 Å². The van der Waals surface area contributed by atoms with Crippen molar-refractivity contribution in [3.05, 3.63) is 88.2 Å². The van der Waals surface area contributed by atoms with Crippen LogP contribution in [0.1, 0.15) is 0 Å². The molecule has 12 nitrogen and oxygen atoms in total. The molecule has 0 aliphatic rings. The Bertz CT molecular complexity index is 1450. The van der Waals surface area contributed by atoms with E-state index in [2.05, 4.69) is 10.2 Å². The number of nitrogen functional groups attached to an aromatic ring is 1. The van der Waals surface area contributed by atoms with Crippen molar-refractivity contribution in [1.82, 2.24) is 4.68 Å². The quantitative estimate of drug-likeness (QED) is 0.113. The van der Waals surface area contributed by atoms with Crippen molar-refractivity contribution in [2.24, 2.45) is 24.3 Å². The Labute approximate surface area is 194 Å². The van der Waals surface area contributed by atoms with Crippen molar-refractivity contribution in [1.29, 1.82) is 0 Å². The van der Waals surface area contributed by atoms with Crippen molar-refractivity contribution < 1.29 is 22.4 Å². The van der Waals surface area contributed by atoms with E-state index in [9.17, 15) is 8.42 Å². The third-order valence-corrected chi connectivity index (χ3v) is 5.94. The molecular formula is C21H20N6O6S. The zero-order valence-electron chi connectivity index (χ0n) is 18.1. The van der Waals surface area contributed by atoms with Gasteiger partial charge in [-0.1, -0.05) is 18.2 Å². The van der Waals surface area contributed by atoms with Crippen molar-refractivity contribution >= 4 is 38.1 Å². The molecular weight excluding hydrogens is 464 g/mol. The summed E-state index contributed by atoms with van der Waals surface area (Å²) in [5.41, 5.74) is 8.52.